The van der Waals surface area contributed by atoms with Crippen LogP contribution in [0.3, 0.4) is 0 Å². The first-order chi connectivity index (χ1) is 11.2. The number of aryl methyl sites for hydroxylation is 1. The average Bonchev–Trinajstić information content (AvgIpc) is 2.61. The van der Waals surface area contributed by atoms with Crippen molar-refractivity contribution in [3.05, 3.63) is 83.9 Å². The van der Waals surface area contributed by atoms with Crippen LogP contribution in [0.15, 0.2) is 72.8 Å². The summed E-state index contributed by atoms with van der Waals surface area (Å²) in [5.74, 6) is -0.319. The summed E-state index contributed by atoms with van der Waals surface area (Å²) in [4.78, 5) is 12.1. The lowest BCUT2D eigenvalue weighted by Gasteiger charge is -2.14. The zero-order valence-electron chi connectivity index (χ0n) is 13.2. The Morgan fingerprint density at radius 1 is 0.696 bits per heavy atom. The van der Waals surface area contributed by atoms with Crippen LogP contribution in [0.2, 0.25) is 0 Å². The molecule has 0 atom stereocenters. The maximum Gasteiger partial charge on any atom is 0.338 e. The summed E-state index contributed by atoms with van der Waals surface area (Å²) in [5.41, 5.74) is 5.98. The van der Waals surface area contributed by atoms with Gasteiger partial charge in [0.2, 0.25) is 0 Å². The summed E-state index contributed by atoms with van der Waals surface area (Å²) < 4.78 is 4.93. The van der Waals surface area contributed by atoms with E-state index in [2.05, 4.69) is 25.1 Å². The summed E-state index contributed by atoms with van der Waals surface area (Å²) in [6.45, 7) is 2.10. The summed E-state index contributed by atoms with van der Waals surface area (Å²) in [6.07, 6.45) is 0. The molecule has 3 rings (SSSR count). The zero-order valence-corrected chi connectivity index (χ0v) is 13.2. The molecule has 2 heteroatoms. The van der Waals surface area contributed by atoms with Gasteiger partial charge in [-0.25, -0.2) is 4.79 Å². The highest BCUT2D eigenvalue weighted by Crippen LogP contribution is 2.35. The zero-order chi connectivity index (χ0) is 16.2. The molecule has 0 fully saturated rings. The Labute approximate surface area is 136 Å². The van der Waals surface area contributed by atoms with E-state index in [4.69, 9.17) is 4.74 Å². The smallest absolute Gasteiger partial charge is 0.338 e. The molecule has 0 radical (unpaired) electrons. The Hall–Kier alpha value is -2.87. The predicted molar refractivity (Wildman–Crippen MR) is 93.4 cm³/mol. The van der Waals surface area contributed by atoms with Crippen LogP contribution in [0.4, 0.5) is 0 Å². The van der Waals surface area contributed by atoms with Crippen LogP contribution in [0.5, 0.6) is 0 Å². The molecule has 3 aromatic rings. The molecule has 0 saturated carbocycles. The molecule has 3 aromatic carbocycles. The average molecular weight is 302 g/mol. The topological polar surface area (TPSA) is 26.3 Å². The van der Waals surface area contributed by atoms with Crippen LogP contribution in [-0.4, -0.2) is 13.1 Å². The van der Waals surface area contributed by atoms with Gasteiger partial charge < -0.3 is 4.74 Å². The van der Waals surface area contributed by atoms with Crippen molar-refractivity contribution in [2.75, 3.05) is 7.11 Å². The molecule has 114 valence electrons. The van der Waals surface area contributed by atoms with E-state index in [0.29, 0.717) is 5.56 Å². The number of carbonyl (C=O) groups is 1. The van der Waals surface area contributed by atoms with Gasteiger partial charge in [0.15, 0.2) is 0 Å². The standard InChI is InChI=1S/C21H18O2/c1-15-9-3-4-10-16(15)17-11-5-6-12-18(17)19-13-7-8-14-20(19)21(22)23-2/h3-14H,1-2H3. The number of methoxy groups -OCH3 is 1. The molecule has 0 aliphatic rings. The van der Waals surface area contributed by atoms with Gasteiger partial charge in [0.1, 0.15) is 0 Å². The predicted octanol–water partition coefficient (Wildman–Crippen LogP) is 5.12. The van der Waals surface area contributed by atoms with Crippen LogP contribution in [0.1, 0.15) is 15.9 Å². The number of hydrogen-bond acceptors (Lipinski definition) is 2. The number of rotatable bonds is 3. The SMILES string of the molecule is COC(=O)c1ccccc1-c1ccccc1-c1ccccc1C. The summed E-state index contributed by atoms with van der Waals surface area (Å²) >= 11 is 0. The van der Waals surface area contributed by atoms with Gasteiger partial charge in [-0.1, -0.05) is 66.7 Å². The van der Waals surface area contributed by atoms with E-state index in [9.17, 15) is 4.79 Å². The van der Waals surface area contributed by atoms with Gasteiger partial charge in [-0.15, -0.1) is 0 Å². The van der Waals surface area contributed by atoms with Crippen LogP contribution in [-0.2, 0) is 4.74 Å². The van der Waals surface area contributed by atoms with E-state index < -0.39 is 0 Å². The minimum atomic E-state index is -0.319. The lowest BCUT2D eigenvalue weighted by molar-refractivity contribution is 0.0601. The molecule has 23 heavy (non-hydrogen) atoms. The summed E-state index contributed by atoms with van der Waals surface area (Å²) in [6, 6.07) is 24.0. The fourth-order valence-corrected chi connectivity index (χ4v) is 2.83. The second-order valence-corrected chi connectivity index (χ2v) is 5.40. The van der Waals surface area contributed by atoms with E-state index in [1.807, 2.05) is 48.5 Å². The van der Waals surface area contributed by atoms with E-state index in [-0.39, 0.29) is 5.97 Å². The third kappa shape index (κ3) is 2.88. The molecule has 0 spiro atoms. The van der Waals surface area contributed by atoms with Gasteiger partial charge >= 0.3 is 5.97 Å². The van der Waals surface area contributed by atoms with Crippen LogP contribution < -0.4 is 0 Å². The number of hydrogen-bond donors (Lipinski definition) is 0. The molecule has 0 aliphatic carbocycles. The highest BCUT2D eigenvalue weighted by molar-refractivity contribution is 6.00. The number of ether oxygens (including phenoxy) is 1. The van der Waals surface area contributed by atoms with Gasteiger partial charge in [0, 0.05) is 0 Å². The Morgan fingerprint density at radius 2 is 1.17 bits per heavy atom. The maximum atomic E-state index is 12.1. The van der Waals surface area contributed by atoms with Crippen molar-refractivity contribution in [2.24, 2.45) is 0 Å². The van der Waals surface area contributed by atoms with Crippen molar-refractivity contribution in [1.82, 2.24) is 0 Å². The number of esters is 1. The lowest BCUT2D eigenvalue weighted by Crippen LogP contribution is -2.03. The quantitative estimate of drug-likeness (QED) is 0.628. The lowest BCUT2D eigenvalue weighted by atomic mass is 9.90. The molecular formula is C21H18O2. The molecular weight excluding hydrogens is 284 g/mol. The van der Waals surface area contributed by atoms with Gasteiger partial charge in [0.25, 0.3) is 0 Å². The first kappa shape index (κ1) is 15.0. The van der Waals surface area contributed by atoms with E-state index in [0.717, 1.165) is 16.7 Å². The van der Waals surface area contributed by atoms with Crippen LogP contribution in [0, 0.1) is 6.92 Å². The van der Waals surface area contributed by atoms with Gasteiger partial charge in [-0.2, -0.15) is 0 Å². The molecule has 0 heterocycles. The molecule has 0 aliphatic heterocycles. The monoisotopic (exact) mass is 302 g/mol. The normalized spacial score (nSPS) is 10.3. The third-order valence-electron chi connectivity index (χ3n) is 3.98. The first-order valence-electron chi connectivity index (χ1n) is 7.55. The minimum absolute atomic E-state index is 0.319. The van der Waals surface area contributed by atoms with Crippen LogP contribution >= 0.6 is 0 Å². The fraction of sp³-hybridized carbons (Fsp3) is 0.0952. The fourth-order valence-electron chi connectivity index (χ4n) is 2.83. The summed E-state index contributed by atoms with van der Waals surface area (Å²) in [5, 5.41) is 0. The summed E-state index contributed by atoms with van der Waals surface area (Å²) in [7, 11) is 1.41. The Morgan fingerprint density at radius 3 is 1.78 bits per heavy atom. The first-order valence-corrected chi connectivity index (χ1v) is 7.55. The molecule has 2 nitrogen and oxygen atoms in total. The van der Waals surface area contributed by atoms with Crippen LogP contribution in [0.25, 0.3) is 22.3 Å². The highest BCUT2D eigenvalue weighted by atomic mass is 16.5. The van der Waals surface area contributed by atoms with Crippen molar-refractivity contribution >= 4 is 5.97 Å². The van der Waals surface area contributed by atoms with Crippen molar-refractivity contribution in [2.45, 2.75) is 6.92 Å². The highest BCUT2D eigenvalue weighted by Gasteiger charge is 2.16. The largest absolute Gasteiger partial charge is 0.465 e. The second kappa shape index (κ2) is 6.49. The van der Waals surface area contributed by atoms with E-state index in [1.54, 1.807) is 6.07 Å². The number of benzene rings is 3. The van der Waals surface area contributed by atoms with E-state index >= 15 is 0 Å². The Kier molecular flexibility index (Phi) is 4.24. The molecule has 0 N–H and O–H groups in total. The maximum absolute atomic E-state index is 12.1. The molecule has 0 amide bonds. The molecule has 0 saturated heterocycles. The van der Waals surface area contributed by atoms with Crippen molar-refractivity contribution in [3.63, 3.8) is 0 Å². The number of carbonyl (C=O) groups excluding carboxylic acids is 1. The molecule has 0 unspecified atom stereocenters. The van der Waals surface area contributed by atoms with Gasteiger partial charge in [-0.3, -0.25) is 0 Å². The van der Waals surface area contributed by atoms with Crippen molar-refractivity contribution in [3.8, 4) is 22.3 Å². The van der Waals surface area contributed by atoms with Gasteiger partial charge in [-0.05, 0) is 40.8 Å². The molecule has 0 bridgehead atoms. The van der Waals surface area contributed by atoms with E-state index in [1.165, 1.54) is 18.2 Å². The second-order valence-electron chi connectivity index (χ2n) is 5.40. The minimum Gasteiger partial charge on any atom is -0.465 e. The third-order valence-corrected chi connectivity index (χ3v) is 3.98. The van der Waals surface area contributed by atoms with Gasteiger partial charge in [0.05, 0.1) is 12.7 Å². The Balaban J connectivity index is 2.24. The van der Waals surface area contributed by atoms with Crippen molar-refractivity contribution < 1.29 is 9.53 Å². The Bertz CT molecular complexity index is 850. The van der Waals surface area contributed by atoms with Crippen molar-refractivity contribution in [1.29, 1.82) is 0 Å². The molecule has 0 aromatic heterocycles.